The Morgan fingerprint density at radius 2 is 1.87 bits per heavy atom. The van der Waals surface area contributed by atoms with Crippen molar-refractivity contribution in [3.05, 3.63) is 36.3 Å². The van der Waals surface area contributed by atoms with Crippen molar-refractivity contribution in [3.63, 3.8) is 0 Å². The zero-order valence-corrected chi connectivity index (χ0v) is 13.6. The molecule has 3 rings (SSSR count). The van der Waals surface area contributed by atoms with Crippen LogP contribution in [0.2, 0.25) is 0 Å². The first-order chi connectivity index (χ1) is 11.1. The molecule has 1 aliphatic heterocycles. The van der Waals surface area contributed by atoms with E-state index >= 15 is 0 Å². The van der Waals surface area contributed by atoms with Gasteiger partial charge in [-0.05, 0) is 24.6 Å². The van der Waals surface area contributed by atoms with E-state index in [1.54, 1.807) is 13.1 Å². The second-order valence-corrected chi connectivity index (χ2v) is 5.97. The van der Waals surface area contributed by atoms with Gasteiger partial charge in [0.15, 0.2) is 0 Å². The molecule has 0 saturated carbocycles. The van der Waals surface area contributed by atoms with Gasteiger partial charge in [0, 0.05) is 25.8 Å². The van der Waals surface area contributed by atoms with Crippen molar-refractivity contribution in [1.29, 1.82) is 0 Å². The smallest absolute Gasteiger partial charge is 0.128 e. The lowest BCUT2D eigenvalue weighted by molar-refractivity contribution is 0.122. The standard InChI is InChI=1S/C17H24N4O2/c1-12(22)16(18)17-19-11-15(20(17)2)13-3-5-14(6-4-13)21-7-9-23-10-8-21/h3-6,11-12,16,22H,7-10,18H2,1-2H3/t12-,16+/m1/s1. The lowest BCUT2D eigenvalue weighted by Crippen LogP contribution is -2.36. The predicted octanol–water partition coefficient (Wildman–Crippen LogP) is 1.30. The number of nitrogens with two attached hydrogens (primary N) is 1. The zero-order valence-electron chi connectivity index (χ0n) is 13.6. The first kappa shape index (κ1) is 16.0. The fraction of sp³-hybridized carbons (Fsp3) is 0.471. The highest BCUT2D eigenvalue weighted by molar-refractivity contribution is 5.63. The van der Waals surface area contributed by atoms with Crippen LogP contribution in [0.15, 0.2) is 30.5 Å². The van der Waals surface area contributed by atoms with Gasteiger partial charge in [-0.15, -0.1) is 0 Å². The van der Waals surface area contributed by atoms with Crippen LogP contribution in [0, 0.1) is 0 Å². The molecular weight excluding hydrogens is 292 g/mol. The number of hydrogen-bond acceptors (Lipinski definition) is 5. The second-order valence-electron chi connectivity index (χ2n) is 5.97. The Labute approximate surface area is 136 Å². The van der Waals surface area contributed by atoms with Crippen LogP contribution < -0.4 is 10.6 Å². The fourth-order valence-electron chi connectivity index (χ4n) is 2.88. The van der Waals surface area contributed by atoms with Gasteiger partial charge < -0.3 is 25.0 Å². The summed E-state index contributed by atoms with van der Waals surface area (Å²) in [5.41, 5.74) is 9.28. The summed E-state index contributed by atoms with van der Waals surface area (Å²) in [4.78, 5) is 6.70. The Balaban J connectivity index is 1.82. The number of anilines is 1. The SMILES string of the molecule is C[C@@H](O)[C@H](N)c1ncc(-c2ccc(N3CCOCC3)cc2)n1C. The molecule has 1 saturated heterocycles. The van der Waals surface area contributed by atoms with E-state index < -0.39 is 12.1 Å². The largest absolute Gasteiger partial charge is 0.391 e. The number of hydrogen-bond donors (Lipinski definition) is 2. The average Bonchev–Trinajstić information content (AvgIpc) is 2.96. The number of benzene rings is 1. The molecule has 6 heteroatoms. The highest BCUT2D eigenvalue weighted by Crippen LogP contribution is 2.26. The lowest BCUT2D eigenvalue weighted by atomic mass is 10.1. The Hall–Kier alpha value is -1.89. The number of aromatic nitrogens is 2. The van der Waals surface area contributed by atoms with E-state index in [-0.39, 0.29) is 0 Å². The van der Waals surface area contributed by atoms with Crippen molar-refractivity contribution in [2.45, 2.75) is 19.1 Å². The molecule has 6 nitrogen and oxygen atoms in total. The third-order valence-corrected chi connectivity index (χ3v) is 4.38. The van der Waals surface area contributed by atoms with Gasteiger partial charge in [0.05, 0.1) is 37.3 Å². The van der Waals surface area contributed by atoms with E-state index in [2.05, 4.69) is 34.1 Å². The molecule has 1 aliphatic rings. The minimum Gasteiger partial charge on any atom is -0.391 e. The van der Waals surface area contributed by atoms with Crippen molar-refractivity contribution in [3.8, 4) is 11.3 Å². The lowest BCUT2D eigenvalue weighted by Gasteiger charge is -2.28. The van der Waals surface area contributed by atoms with E-state index in [0.29, 0.717) is 5.82 Å². The van der Waals surface area contributed by atoms with E-state index in [1.165, 1.54) is 5.69 Å². The van der Waals surface area contributed by atoms with Crippen molar-refractivity contribution in [1.82, 2.24) is 9.55 Å². The van der Waals surface area contributed by atoms with E-state index in [4.69, 9.17) is 10.5 Å². The Morgan fingerprint density at radius 3 is 2.48 bits per heavy atom. The van der Waals surface area contributed by atoms with Gasteiger partial charge in [-0.3, -0.25) is 0 Å². The van der Waals surface area contributed by atoms with Gasteiger partial charge in [-0.2, -0.15) is 0 Å². The maximum Gasteiger partial charge on any atom is 0.128 e. The molecule has 1 aromatic carbocycles. The summed E-state index contributed by atoms with van der Waals surface area (Å²) < 4.78 is 7.33. The van der Waals surface area contributed by atoms with Gasteiger partial charge in [-0.1, -0.05) is 12.1 Å². The first-order valence-electron chi connectivity index (χ1n) is 7.96. The summed E-state index contributed by atoms with van der Waals surface area (Å²) >= 11 is 0. The highest BCUT2D eigenvalue weighted by Gasteiger charge is 2.19. The van der Waals surface area contributed by atoms with Gasteiger partial charge in [0.1, 0.15) is 5.82 Å². The van der Waals surface area contributed by atoms with E-state index in [1.807, 2.05) is 11.6 Å². The van der Waals surface area contributed by atoms with Gasteiger partial charge in [0.25, 0.3) is 0 Å². The van der Waals surface area contributed by atoms with Gasteiger partial charge in [0.2, 0.25) is 0 Å². The Kier molecular flexibility index (Phi) is 4.66. The van der Waals surface area contributed by atoms with Crippen LogP contribution in [0.25, 0.3) is 11.3 Å². The van der Waals surface area contributed by atoms with Crippen LogP contribution in [0.4, 0.5) is 5.69 Å². The summed E-state index contributed by atoms with van der Waals surface area (Å²) in [7, 11) is 1.93. The van der Waals surface area contributed by atoms with Crippen molar-refractivity contribution >= 4 is 5.69 Å². The number of ether oxygens (including phenoxy) is 1. The molecule has 23 heavy (non-hydrogen) atoms. The molecule has 0 spiro atoms. The highest BCUT2D eigenvalue weighted by atomic mass is 16.5. The van der Waals surface area contributed by atoms with Crippen molar-refractivity contribution in [2.75, 3.05) is 31.2 Å². The number of aliphatic hydroxyl groups excluding tert-OH is 1. The summed E-state index contributed by atoms with van der Waals surface area (Å²) in [6.07, 6.45) is 1.18. The summed E-state index contributed by atoms with van der Waals surface area (Å²) in [6, 6.07) is 7.96. The van der Waals surface area contributed by atoms with Gasteiger partial charge in [-0.25, -0.2) is 4.98 Å². The third kappa shape index (κ3) is 3.24. The molecule has 2 atom stereocenters. The molecule has 2 aromatic rings. The molecule has 1 aromatic heterocycles. The van der Waals surface area contributed by atoms with Crippen LogP contribution in [0.1, 0.15) is 18.8 Å². The van der Waals surface area contributed by atoms with Gasteiger partial charge >= 0.3 is 0 Å². The molecule has 0 amide bonds. The topological polar surface area (TPSA) is 76.5 Å². The van der Waals surface area contributed by atoms with Crippen LogP contribution in [0.5, 0.6) is 0 Å². The first-order valence-corrected chi connectivity index (χ1v) is 7.96. The summed E-state index contributed by atoms with van der Waals surface area (Å²) in [5, 5.41) is 9.67. The number of aliphatic hydroxyl groups is 1. The fourth-order valence-corrected chi connectivity index (χ4v) is 2.88. The Morgan fingerprint density at radius 1 is 1.22 bits per heavy atom. The molecule has 2 heterocycles. The normalized spacial score (nSPS) is 18.0. The molecule has 0 aliphatic carbocycles. The van der Waals surface area contributed by atoms with Crippen LogP contribution >= 0.6 is 0 Å². The third-order valence-electron chi connectivity index (χ3n) is 4.38. The zero-order chi connectivity index (χ0) is 16.4. The van der Waals surface area contributed by atoms with Crippen LogP contribution in [-0.2, 0) is 11.8 Å². The maximum atomic E-state index is 9.67. The molecule has 1 fully saturated rings. The molecule has 124 valence electrons. The number of rotatable bonds is 4. The van der Waals surface area contributed by atoms with E-state index in [0.717, 1.165) is 37.6 Å². The Bertz CT molecular complexity index is 645. The predicted molar refractivity (Wildman–Crippen MR) is 90.3 cm³/mol. The molecule has 0 unspecified atom stereocenters. The molecular formula is C17H24N4O2. The number of nitrogens with zero attached hydrogens (tertiary/aromatic N) is 3. The molecule has 3 N–H and O–H groups in total. The average molecular weight is 316 g/mol. The minimum absolute atomic E-state index is 0.485. The maximum absolute atomic E-state index is 9.67. The summed E-state index contributed by atoms with van der Waals surface area (Å²) in [6.45, 7) is 5.10. The summed E-state index contributed by atoms with van der Waals surface area (Å²) in [5.74, 6) is 0.687. The van der Waals surface area contributed by atoms with E-state index in [9.17, 15) is 5.11 Å². The number of imidazole rings is 1. The van der Waals surface area contributed by atoms with Crippen LogP contribution in [-0.4, -0.2) is 47.1 Å². The molecule has 0 bridgehead atoms. The van der Waals surface area contributed by atoms with Crippen LogP contribution in [0.3, 0.4) is 0 Å². The molecule has 0 radical (unpaired) electrons. The minimum atomic E-state index is -0.632. The quantitative estimate of drug-likeness (QED) is 0.889. The second kappa shape index (κ2) is 6.70. The number of morpholine rings is 1. The monoisotopic (exact) mass is 316 g/mol. The van der Waals surface area contributed by atoms with Crippen molar-refractivity contribution in [2.24, 2.45) is 12.8 Å². The van der Waals surface area contributed by atoms with Crippen molar-refractivity contribution < 1.29 is 9.84 Å².